The van der Waals surface area contributed by atoms with Crippen molar-refractivity contribution < 1.29 is 15.0 Å². The molecule has 0 unspecified atom stereocenters. The standard InChI is InChI=1S/C11H12BrNO3/c12-8-3-1-7(2-4-8)11(13-10(15)16)5-9(14)6-11/h1-4,9,13-14H,5-6H2,(H,15,16). The smallest absolute Gasteiger partial charge is 0.405 e. The lowest BCUT2D eigenvalue weighted by molar-refractivity contribution is 0.00171. The van der Waals surface area contributed by atoms with E-state index in [2.05, 4.69) is 21.2 Å². The lowest BCUT2D eigenvalue weighted by Crippen LogP contribution is -2.56. The van der Waals surface area contributed by atoms with Crippen LogP contribution in [0.5, 0.6) is 0 Å². The predicted molar refractivity (Wildman–Crippen MR) is 62.2 cm³/mol. The molecule has 1 amide bonds. The van der Waals surface area contributed by atoms with Crippen LogP contribution in [0.2, 0.25) is 0 Å². The molecule has 1 aliphatic rings. The Morgan fingerprint density at radius 3 is 2.38 bits per heavy atom. The molecule has 0 aliphatic heterocycles. The topological polar surface area (TPSA) is 69.6 Å². The Balaban J connectivity index is 2.26. The highest BCUT2D eigenvalue weighted by molar-refractivity contribution is 9.10. The van der Waals surface area contributed by atoms with Crippen molar-refractivity contribution in [3.63, 3.8) is 0 Å². The zero-order valence-electron chi connectivity index (χ0n) is 8.48. The summed E-state index contributed by atoms with van der Waals surface area (Å²) in [6, 6.07) is 7.47. The molecule has 0 bridgehead atoms. The van der Waals surface area contributed by atoms with Gasteiger partial charge in [-0.25, -0.2) is 4.79 Å². The maximum Gasteiger partial charge on any atom is 0.405 e. The number of benzene rings is 1. The number of carbonyl (C=O) groups is 1. The first-order valence-corrected chi connectivity index (χ1v) is 5.76. The molecule has 1 aromatic rings. The van der Waals surface area contributed by atoms with Gasteiger partial charge < -0.3 is 15.5 Å². The lowest BCUT2D eigenvalue weighted by Gasteiger charge is -2.45. The van der Waals surface area contributed by atoms with Gasteiger partial charge in [0, 0.05) is 17.3 Å². The monoisotopic (exact) mass is 285 g/mol. The minimum Gasteiger partial charge on any atom is -0.465 e. The molecule has 4 nitrogen and oxygen atoms in total. The Bertz CT molecular complexity index is 398. The average molecular weight is 286 g/mol. The SMILES string of the molecule is O=C(O)NC1(c2ccc(Br)cc2)CC(O)C1. The van der Waals surface area contributed by atoms with Crippen molar-refractivity contribution in [2.45, 2.75) is 24.5 Å². The van der Waals surface area contributed by atoms with Crippen molar-refractivity contribution in [1.29, 1.82) is 0 Å². The van der Waals surface area contributed by atoms with Crippen molar-refractivity contribution >= 4 is 22.0 Å². The summed E-state index contributed by atoms with van der Waals surface area (Å²) in [5.41, 5.74) is 0.273. The third-order valence-corrected chi connectivity index (χ3v) is 3.44. The minimum atomic E-state index is -1.06. The van der Waals surface area contributed by atoms with E-state index in [4.69, 9.17) is 5.11 Å². The second-order valence-corrected chi connectivity index (χ2v) is 5.00. The van der Waals surface area contributed by atoms with Crippen LogP contribution in [0.15, 0.2) is 28.7 Å². The van der Waals surface area contributed by atoms with Gasteiger partial charge in [-0.1, -0.05) is 28.1 Å². The van der Waals surface area contributed by atoms with Gasteiger partial charge in [-0.05, 0) is 17.7 Å². The summed E-state index contributed by atoms with van der Waals surface area (Å²) in [4.78, 5) is 10.8. The molecule has 1 fully saturated rings. The molecule has 0 spiro atoms. The summed E-state index contributed by atoms with van der Waals surface area (Å²) in [7, 11) is 0. The van der Waals surface area contributed by atoms with Crippen LogP contribution in [0.4, 0.5) is 4.79 Å². The van der Waals surface area contributed by atoms with Crippen molar-refractivity contribution in [3.8, 4) is 0 Å². The Morgan fingerprint density at radius 1 is 1.38 bits per heavy atom. The Kier molecular flexibility index (Phi) is 2.90. The first-order chi connectivity index (χ1) is 7.52. The summed E-state index contributed by atoms with van der Waals surface area (Å²) in [6.45, 7) is 0. The number of carboxylic acid groups (broad SMARTS) is 1. The van der Waals surface area contributed by atoms with Gasteiger partial charge >= 0.3 is 6.09 Å². The third kappa shape index (κ3) is 2.05. The summed E-state index contributed by atoms with van der Waals surface area (Å²) < 4.78 is 0.946. The van der Waals surface area contributed by atoms with E-state index in [-0.39, 0.29) is 0 Å². The summed E-state index contributed by atoms with van der Waals surface area (Å²) in [5, 5.41) is 20.7. The van der Waals surface area contributed by atoms with Crippen LogP contribution in [0.1, 0.15) is 18.4 Å². The molecule has 2 rings (SSSR count). The molecule has 0 saturated heterocycles. The molecule has 1 aromatic carbocycles. The van der Waals surface area contributed by atoms with Crippen LogP contribution in [0, 0.1) is 0 Å². The maximum atomic E-state index is 10.8. The van der Waals surface area contributed by atoms with Crippen molar-refractivity contribution in [2.24, 2.45) is 0 Å². The average Bonchev–Trinajstić information content (AvgIpc) is 2.15. The number of aliphatic hydroxyl groups excluding tert-OH is 1. The van der Waals surface area contributed by atoms with E-state index < -0.39 is 17.7 Å². The van der Waals surface area contributed by atoms with Crippen molar-refractivity contribution in [1.82, 2.24) is 5.32 Å². The number of aliphatic hydroxyl groups is 1. The van der Waals surface area contributed by atoms with Crippen LogP contribution >= 0.6 is 15.9 Å². The van der Waals surface area contributed by atoms with E-state index in [9.17, 15) is 9.90 Å². The second-order valence-electron chi connectivity index (χ2n) is 4.08. The van der Waals surface area contributed by atoms with Gasteiger partial charge in [-0.15, -0.1) is 0 Å². The summed E-state index contributed by atoms with van der Waals surface area (Å²) in [5.74, 6) is 0. The Labute approximate surface area is 101 Å². The van der Waals surface area contributed by atoms with Crippen LogP contribution < -0.4 is 5.32 Å². The lowest BCUT2D eigenvalue weighted by atomic mass is 9.70. The van der Waals surface area contributed by atoms with Crippen LogP contribution in [0.3, 0.4) is 0 Å². The van der Waals surface area contributed by atoms with E-state index in [1.807, 2.05) is 24.3 Å². The molecule has 16 heavy (non-hydrogen) atoms. The van der Waals surface area contributed by atoms with Gasteiger partial charge in [-0.2, -0.15) is 0 Å². The highest BCUT2D eigenvalue weighted by Crippen LogP contribution is 2.41. The molecule has 1 saturated carbocycles. The Morgan fingerprint density at radius 2 is 1.94 bits per heavy atom. The fourth-order valence-electron chi connectivity index (χ4n) is 2.13. The van der Waals surface area contributed by atoms with Gasteiger partial charge in [0.2, 0.25) is 0 Å². The van der Waals surface area contributed by atoms with Gasteiger partial charge in [0.25, 0.3) is 0 Å². The van der Waals surface area contributed by atoms with E-state index in [0.717, 1.165) is 10.0 Å². The number of nitrogens with one attached hydrogen (secondary N) is 1. The van der Waals surface area contributed by atoms with Crippen LogP contribution in [-0.4, -0.2) is 22.4 Å². The zero-order chi connectivity index (χ0) is 11.8. The number of amides is 1. The molecule has 0 aromatic heterocycles. The summed E-state index contributed by atoms with van der Waals surface area (Å²) in [6.07, 6.45) is -0.618. The number of halogens is 1. The second kappa shape index (κ2) is 4.07. The van der Waals surface area contributed by atoms with Gasteiger partial charge in [0.15, 0.2) is 0 Å². The van der Waals surface area contributed by atoms with E-state index in [0.29, 0.717) is 12.8 Å². The molecule has 1 aliphatic carbocycles. The molecule has 5 heteroatoms. The van der Waals surface area contributed by atoms with Crippen LogP contribution in [0.25, 0.3) is 0 Å². The molecular weight excluding hydrogens is 274 g/mol. The number of hydrogen-bond donors (Lipinski definition) is 3. The van der Waals surface area contributed by atoms with Crippen LogP contribution in [-0.2, 0) is 5.54 Å². The largest absolute Gasteiger partial charge is 0.465 e. The molecule has 0 radical (unpaired) electrons. The van der Waals surface area contributed by atoms with Gasteiger partial charge in [0.1, 0.15) is 0 Å². The van der Waals surface area contributed by atoms with Gasteiger partial charge in [0.05, 0.1) is 11.6 Å². The molecule has 86 valence electrons. The third-order valence-electron chi connectivity index (χ3n) is 2.91. The molecular formula is C11H12BrNO3. The first-order valence-electron chi connectivity index (χ1n) is 4.97. The van der Waals surface area contributed by atoms with E-state index >= 15 is 0 Å². The fourth-order valence-corrected chi connectivity index (χ4v) is 2.39. The fraction of sp³-hybridized carbons (Fsp3) is 0.364. The zero-order valence-corrected chi connectivity index (χ0v) is 10.1. The predicted octanol–water partition coefficient (Wildman–Crippen LogP) is 2.07. The Hall–Kier alpha value is -1.07. The normalized spacial score (nSPS) is 28.2. The van der Waals surface area contributed by atoms with E-state index in [1.165, 1.54) is 0 Å². The highest BCUT2D eigenvalue weighted by Gasteiger charge is 2.46. The minimum absolute atomic E-state index is 0.421. The molecule has 0 heterocycles. The van der Waals surface area contributed by atoms with Crippen molar-refractivity contribution in [2.75, 3.05) is 0 Å². The first kappa shape index (κ1) is 11.4. The van der Waals surface area contributed by atoms with Crippen molar-refractivity contribution in [3.05, 3.63) is 34.3 Å². The number of rotatable bonds is 2. The summed E-state index contributed by atoms with van der Waals surface area (Å²) >= 11 is 3.33. The quantitative estimate of drug-likeness (QED) is 0.779. The van der Waals surface area contributed by atoms with E-state index in [1.54, 1.807) is 0 Å². The number of hydrogen-bond acceptors (Lipinski definition) is 2. The molecule has 3 N–H and O–H groups in total. The highest BCUT2D eigenvalue weighted by atomic mass is 79.9. The maximum absolute atomic E-state index is 10.8. The van der Waals surface area contributed by atoms with Gasteiger partial charge in [-0.3, -0.25) is 0 Å². The molecule has 0 atom stereocenters.